The predicted octanol–water partition coefficient (Wildman–Crippen LogP) is 1.74. The first-order chi connectivity index (χ1) is 14.3. The van der Waals surface area contributed by atoms with E-state index in [1.165, 1.54) is 17.7 Å². The number of amides is 2. The molecule has 0 saturated heterocycles. The summed E-state index contributed by atoms with van der Waals surface area (Å²) in [5.41, 5.74) is 0.959. The van der Waals surface area contributed by atoms with Crippen molar-refractivity contribution in [1.29, 1.82) is 0 Å². The molecule has 0 radical (unpaired) electrons. The van der Waals surface area contributed by atoms with Crippen LogP contribution in [0.2, 0.25) is 0 Å². The maximum absolute atomic E-state index is 14.0. The molecule has 1 aliphatic rings. The van der Waals surface area contributed by atoms with E-state index in [1.54, 1.807) is 18.3 Å². The highest BCUT2D eigenvalue weighted by molar-refractivity contribution is 9.10. The van der Waals surface area contributed by atoms with Crippen LogP contribution < -0.4 is 10.6 Å². The van der Waals surface area contributed by atoms with Gasteiger partial charge in [-0.1, -0.05) is 28.1 Å². The number of nitrogens with zero attached hydrogens (tertiary/aromatic N) is 3. The molecule has 2 aromatic rings. The summed E-state index contributed by atoms with van der Waals surface area (Å²) < 4.78 is 16.0. The van der Waals surface area contributed by atoms with Crippen LogP contribution in [0.4, 0.5) is 4.39 Å². The minimum Gasteiger partial charge on any atom is -0.391 e. The SMILES string of the molecule is CC(O)C(NC(=O)C1CC1C)C(=O)NCCCc1cn(-c2ccc(Br)cc2F)nn1. The number of benzene rings is 1. The van der Waals surface area contributed by atoms with E-state index in [2.05, 4.69) is 36.9 Å². The lowest BCUT2D eigenvalue weighted by Gasteiger charge is -2.21. The van der Waals surface area contributed by atoms with Gasteiger partial charge >= 0.3 is 0 Å². The molecule has 2 amide bonds. The summed E-state index contributed by atoms with van der Waals surface area (Å²) in [6, 6.07) is 3.70. The first-order valence-electron chi connectivity index (χ1n) is 9.89. The summed E-state index contributed by atoms with van der Waals surface area (Å²) in [4.78, 5) is 24.4. The molecule has 30 heavy (non-hydrogen) atoms. The summed E-state index contributed by atoms with van der Waals surface area (Å²) in [6.45, 7) is 3.79. The minimum atomic E-state index is -0.997. The molecule has 8 nitrogen and oxygen atoms in total. The van der Waals surface area contributed by atoms with E-state index in [0.29, 0.717) is 41.2 Å². The van der Waals surface area contributed by atoms with Gasteiger partial charge in [0.1, 0.15) is 17.5 Å². The van der Waals surface area contributed by atoms with Crippen molar-refractivity contribution in [2.24, 2.45) is 11.8 Å². The number of carbonyl (C=O) groups is 2. The smallest absolute Gasteiger partial charge is 0.245 e. The number of aromatic nitrogens is 3. The molecule has 3 N–H and O–H groups in total. The van der Waals surface area contributed by atoms with Crippen molar-refractivity contribution in [2.75, 3.05) is 6.54 Å². The van der Waals surface area contributed by atoms with Gasteiger partial charge < -0.3 is 15.7 Å². The van der Waals surface area contributed by atoms with Crippen LogP contribution >= 0.6 is 15.9 Å². The standard InChI is InChI=1S/C20H25BrFN5O3/c1-11-8-15(11)19(29)24-18(12(2)28)20(30)23-7-3-4-14-10-27(26-25-14)17-6-5-13(21)9-16(17)22/h5-6,9-12,15,18,28H,3-4,7-8H2,1-2H3,(H,23,30)(H,24,29). The Morgan fingerprint density at radius 3 is 2.80 bits per heavy atom. The van der Waals surface area contributed by atoms with E-state index in [9.17, 15) is 19.1 Å². The van der Waals surface area contributed by atoms with E-state index in [1.807, 2.05) is 6.92 Å². The van der Waals surface area contributed by atoms with Crippen molar-refractivity contribution in [3.8, 4) is 5.69 Å². The van der Waals surface area contributed by atoms with Crippen molar-refractivity contribution >= 4 is 27.7 Å². The zero-order chi connectivity index (χ0) is 21.8. The van der Waals surface area contributed by atoms with Gasteiger partial charge in [-0.2, -0.15) is 0 Å². The second-order valence-corrected chi connectivity index (χ2v) is 8.61. The highest BCUT2D eigenvalue weighted by Crippen LogP contribution is 2.37. The molecule has 0 bridgehead atoms. The fourth-order valence-corrected chi connectivity index (χ4v) is 3.47. The number of aliphatic hydroxyl groups excluding tert-OH is 1. The Kier molecular flexibility index (Phi) is 7.19. The van der Waals surface area contributed by atoms with E-state index in [0.717, 1.165) is 6.42 Å². The zero-order valence-corrected chi connectivity index (χ0v) is 18.4. The number of halogens is 2. The molecule has 10 heteroatoms. The van der Waals surface area contributed by atoms with Gasteiger partial charge in [-0.05, 0) is 50.3 Å². The number of hydrogen-bond donors (Lipinski definition) is 3. The van der Waals surface area contributed by atoms with Crippen LogP contribution in [0.3, 0.4) is 0 Å². The average molecular weight is 482 g/mol. The topological polar surface area (TPSA) is 109 Å². The molecule has 4 atom stereocenters. The lowest BCUT2D eigenvalue weighted by Crippen LogP contribution is -2.53. The predicted molar refractivity (Wildman–Crippen MR) is 111 cm³/mol. The normalized spacial score (nSPS) is 19.8. The van der Waals surface area contributed by atoms with Crippen molar-refractivity contribution in [1.82, 2.24) is 25.6 Å². The van der Waals surface area contributed by atoms with Crippen molar-refractivity contribution < 1.29 is 19.1 Å². The summed E-state index contributed by atoms with van der Waals surface area (Å²) in [7, 11) is 0. The van der Waals surface area contributed by atoms with Gasteiger partial charge in [0.15, 0.2) is 0 Å². The first kappa shape index (κ1) is 22.4. The summed E-state index contributed by atoms with van der Waals surface area (Å²) >= 11 is 3.21. The average Bonchev–Trinajstić information content (AvgIpc) is 3.24. The van der Waals surface area contributed by atoms with Gasteiger partial charge in [-0.25, -0.2) is 9.07 Å². The molecule has 1 saturated carbocycles. The van der Waals surface area contributed by atoms with Gasteiger partial charge in [-0.3, -0.25) is 9.59 Å². The van der Waals surface area contributed by atoms with Crippen molar-refractivity contribution in [2.45, 2.75) is 45.3 Å². The van der Waals surface area contributed by atoms with Crippen LogP contribution in [0.1, 0.15) is 32.4 Å². The molecular weight excluding hydrogens is 457 g/mol. The number of aliphatic hydroxyl groups is 1. The fourth-order valence-electron chi connectivity index (χ4n) is 3.14. The fraction of sp³-hybridized carbons (Fsp3) is 0.500. The van der Waals surface area contributed by atoms with Crippen molar-refractivity contribution in [3.63, 3.8) is 0 Å². The highest BCUT2D eigenvalue weighted by Gasteiger charge is 2.41. The van der Waals surface area contributed by atoms with E-state index < -0.39 is 23.9 Å². The lowest BCUT2D eigenvalue weighted by atomic mass is 10.1. The van der Waals surface area contributed by atoms with Crippen LogP contribution in [-0.4, -0.2) is 50.6 Å². The number of rotatable bonds is 9. The monoisotopic (exact) mass is 481 g/mol. The third-order valence-corrected chi connectivity index (χ3v) is 5.61. The summed E-state index contributed by atoms with van der Waals surface area (Å²) in [5.74, 6) is -0.785. The summed E-state index contributed by atoms with van der Waals surface area (Å²) in [5, 5.41) is 23.2. The van der Waals surface area contributed by atoms with E-state index in [-0.39, 0.29) is 11.8 Å². The molecular formula is C20H25BrFN5O3. The van der Waals surface area contributed by atoms with Gasteiger partial charge in [0, 0.05) is 16.9 Å². The molecule has 162 valence electrons. The molecule has 0 aliphatic heterocycles. The maximum atomic E-state index is 14.0. The molecule has 4 unspecified atom stereocenters. The number of hydrogen-bond acceptors (Lipinski definition) is 5. The Labute approximate surface area is 182 Å². The molecule has 1 fully saturated rings. The summed E-state index contributed by atoms with van der Waals surface area (Å²) in [6.07, 6.45) is 2.56. The Morgan fingerprint density at radius 2 is 2.17 bits per heavy atom. The Morgan fingerprint density at radius 1 is 1.43 bits per heavy atom. The van der Waals surface area contributed by atoms with E-state index in [4.69, 9.17) is 0 Å². The quantitative estimate of drug-likeness (QED) is 0.472. The number of carbonyl (C=O) groups excluding carboxylic acids is 2. The molecule has 1 aromatic heterocycles. The van der Waals surface area contributed by atoms with Gasteiger partial charge in [0.05, 0.1) is 18.0 Å². The molecule has 1 aromatic carbocycles. The number of aryl methyl sites for hydroxylation is 1. The van der Waals surface area contributed by atoms with Gasteiger partial charge in [0.25, 0.3) is 0 Å². The third-order valence-electron chi connectivity index (χ3n) is 5.12. The van der Waals surface area contributed by atoms with Gasteiger partial charge in [-0.15, -0.1) is 5.10 Å². The molecule has 3 rings (SSSR count). The Balaban J connectivity index is 1.46. The van der Waals surface area contributed by atoms with Crippen LogP contribution in [0.15, 0.2) is 28.9 Å². The molecule has 1 aliphatic carbocycles. The van der Waals surface area contributed by atoms with Crippen molar-refractivity contribution in [3.05, 3.63) is 40.4 Å². The largest absolute Gasteiger partial charge is 0.391 e. The third kappa shape index (κ3) is 5.63. The van der Waals surface area contributed by atoms with E-state index >= 15 is 0 Å². The number of nitrogens with one attached hydrogen (secondary N) is 2. The van der Waals surface area contributed by atoms with Gasteiger partial charge in [0.2, 0.25) is 11.8 Å². The van der Waals surface area contributed by atoms with Crippen LogP contribution in [0.5, 0.6) is 0 Å². The first-order valence-corrected chi connectivity index (χ1v) is 10.7. The highest BCUT2D eigenvalue weighted by atomic mass is 79.9. The Bertz CT molecular complexity index is 920. The minimum absolute atomic E-state index is 0.0720. The zero-order valence-electron chi connectivity index (χ0n) is 16.8. The van der Waals surface area contributed by atoms with Crippen LogP contribution in [-0.2, 0) is 16.0 Å². The Hall–Kier alpha value is -2.33. The molecule has 0 spiro atoms. The van der Waals surface area contributed by atoms with Crippen LogP contribution in [0.25, 0.3) is 5.69 Å². The second-order valence-electron chi connectivity index (χ2n) is 7.69. The second kappa shape index (κ2) is 9.65. The maximum Gasteiger partial charge on any atom is 0.245 e. The molecule has 1 heterocycles. The lowest BCUT2D eigenvalue weighted by molar-refractivity contribution is -0.132. The van der Waals surface area contributed by atoms with Crippen LogP contribution in [0, 0.1) is 17.7 Å².